The van der Waals surface area contributed by atoms with Crippen LogP contribution in [0.4, 0.5) is 4.79 Å². The van der Waals surface area contributed by atoms with Gasteiger partial charge in [-0.1, -0.05) is 44.2 Å². The maximum Gasteiger partial charge on any atom is 0.321 e. The number of benzene rings is 1. The first-order chi connectivity index (χ1) is 9.49. The Labute approximate surface area is 120 Å². The zero-order valence-electron chi connectivity index (χ0n) is 12.3. The van der Waals surface area contributed by atoms with Crippen molar-refractivity contribution in [3.8, 4) is 0 Å². The summed E-state index contributed by atoms with van der Waals surface area (Å²) < 4.78 is 0. The van der Waals surface area contributed by atoms with Crippen LogP contribution in [-0.4, -0.2) is 25.0 Å². The van der Waals surface area contributed by atoms with Gasteiger partial charge in [0.25, 0.3) is 0 Å². The van der Waals surface area contributed by atoms with Gasteiger partial charge in [0.1, 0.15) is 0 Å². The average molecular weight is 277 g/mol. The molecule has 5 heteroatoms. The van der Waals surface area contributed by atoms with E-state index in [4.69, 9.17) is 0 Å². The fourth-order valence-electron chi connectivity index (χ4n) is 1.62. The number of hydrogen-bond donors (Lipinski definition) is 3. The van der Waals surface area contributed by atoms with Crippen molar-refractivity contribution in [2.45, 2.75) is 26.8 Å². The first kappa shape index (κ1) is 16.2. The summed E-state index contributed by atoms with van der Waals surface area (Å²) in [6.07, 6.45) is 0. The number of carbonyl (C=O) groups is 2. The van der Waals surface area contributed by atoms with E-state index in [2.05, 4.69) is 16.0 Å². The first-order valence-corrected chi connectivity index (χ1v) is 6.85. The molecule has 0 aliphatic heterocycles. The molecule has 0 bridgehead atoms. The van der Waals surface area contributed by atoms with Crippen LogP contribution in [0.15, 0.2) is 30.3 Å². The SMILES string of the molecule is CC(C)CNC(=O)NC(=O)CN[C@H](C)c1ccccc1. The van der Waals surface area contributed by atoms with Crippen LogP contribution in [0.1, 0.15) is 32.4 Å². The van der Waals surface area contributed by atoms with Gasteiger partial charge >= 0.3 is 6.03 Å². The predicted molar refractivity (Wildman–Crippen MR) is 79.2 cm³/mol. The van der Waals surface area contributed by atoms with Crippen molar-refractivity contribution in [3.63, 3.8) is 0 Å². The van der Waals surface area contributed by atoms with Crippen LogP contribution in [0, 0.1) is 5.92 Å². The van der Waals surface area contributed by atoms with Crippen LogP contribution in [0.25, 0.3) is 0 Å². The number of nitrogens with one attached hydrogen (secondary N) is 3. The maximum atomic E-state index is 11.6. The molecule has 1 atom stereocenters. The third-order valence-corrected chi connectivity index (χ3v) is 2.79. The van der Waals surface area contributed by atoms with E-state index in [0.717, 1.165) is 5.56 Å². The number of imide groups is 1. The summed E-state index contributed by atoms with van der Waals surface area (Å²) in [5, 5.41) is 8.00. The molecule has 0 fully saturated rings. The lowest BCUT2D eigenvalue weighted by Crippen LogP contribution is -2.44. The van der Waals surface area contributed by atoms with E-state index in [9.17, 15) is 9.59 Å². The zero-order chi connectivity index (χ0) is 15.0. The lowest BCUT2D eigenvalue weighted by molar-refractivity contribution is -0.119. The second-order valence-corrected chi connectivity index (χ2v) is 5.17. The largest absolute Gasteiger partial charge is 0.338 e. The van der Waals surface area contributed by atoms with Crippen molar-refractivity contribution >= 4 is 11.9 Å². The monoisotopic (exact) mass is 277 g/mol. The number of rotatable bonds is 6. The van der Waals surface area contributed by atoms with Crippen molar-refractivity contribution in [1.82, 2.24) is 16.0 Å². The summed E-state index contributed by atoms with van der Waals surface area (Å²) in [5.41, 5.74) is 1.10. The van der Waals surface area contributed by atoms with Gasteiger partial charge in [0.05, 0.1) is 6.54 Å². The molecule has 0 unspecified atom stereocenters. The molecule has 3 amide bonds. The fraction of sp³-hybridized carbons (Fsp3) is 0.467. The highest BCUT2D eigenvalue weighted by atomic mass is 16.2. The van der Waals surface area contributed by atoms with Gasteiger partial charge in [-0.3, -0.25) is 10.1 Å². The second kappa shape index (κ2) is 8.32. The molecule has 1 aromatic rings. The Morgan fingerprint density at radius 1 is 1.10 bits per heavy atom. The molecule has 0 aromatic heterocycles. The molecule has 0 aliphatic rings. The van der Waals surface area contributed by atoms with Gasteiger partial charge in [0.2, 0.25) is 5.91 Å². The van der Waals surface area contributed by atoms with Crippen molar-refractivity contribution in [1.29, 1.82) is 0 Å². The van der Waals surface area contributed by atoms with Crippen LogP contribution in [0.3, 0.4) is 0 Å². The second-order valence-electron chi connectivity index (χ2n) is 5.17. The summed E-state index contributed by atoms with van der Waals surface area (Å²) >= 11 is 0. The van der Waals surface area contributed by atoms with Crippen molar-refractivity contribution < 1.29 is 9.59 Å². The molecule has 0 saturated carbocycles. The Morgan fingerprint density at radius 2 is 1.75 bits per heavy atom. The topological polar surface area (TPSA) is 70.2 Å². The molecule has 0 heterocycles. The van der Waals surface area contributed by atoms with Crippen molar-refractivity contribution in [3.05, 3.63) is 35.9 Å². The van der Waals surface area contributed by atoms with E-state index in [1.54, 1.807) is 0 Å². The number of carbonyl (C=O) groups excluding carboxylic acids is 2. The zero-order valence-corrected chi connectivity index (χ0v) is 12.3. The molecule has 5 nitrogen and oxygen atoms in total. The third-order valence-electron chi connectivity index (χ3n) is 2.79. The highest BCUT2D eigenvalue weighted by molar-refractivity contribution is 5.95. The highest BCUT2D eigenvalue weighted by Gasteiger charge is 2.10. The van der Waals surface area contributed by atoms with E-state index in [1.807, 2.05) is 51.1 Å². The van der Waals surface area contributed by atoms with Gasteiger partial charge < -0.3 is 10.6 Å². The average Bonchev–Trinajstić information content (AvgIpc) is 2.43. The van der Waals surface area contributed by atoms with Crippen LogP contribution >= 0.6 is 0 Å². The van der Waals surface area contributed by atoms with Crippen LogP contribution < -0.4 is 16.0 Å². The van der Waals surface area contributed by atoms with E-state index < -0.39 is 6.03 Å². The normalized spacial score (nSPS) is 12.0. The van der Waals surface area contributed by atoms with Gasteiger partial charge in [0, 0.05) is 12.6 Å². The van der Waals surface area contributed by atoms with Crippen molar-refractivity contribution in [2.75, 3.05) is 13.1 Å². The number of hydrogen-bond acceptors (Lipinski definition) is 3. The molecule has 0 radical (unpaired) electrons. The van der Waals surface area contributed by atoms with Crippen LogP contribution in [-0.2, 0) is 4.79 Å². The first-order valence-electron chi connectivity index (χ1n) is 6.85. The highest BCUT2D eigenvalue weighted by Crippen LogP contribution is 2.10. The Hall–Kier alpha value is -1.88. The summed E-state index contributed by atoms with van der Waals surface area (Å²) in [5.74, 6) is 0.0149. The lowest BCUT2D eigenvalue weighted by atomic mass is 10.1. The minimum atomic E-state index is -0.446. The van der Waals surface area contributed by atoms with Gasteiger partial charge in [-0.05, 0) is 18.4 Å². The van der Waals surface area contributed by atoms with Crippen LogP contribution in [0.2, 0.25) is 0 Å². The number of urea groups is 1. The lowest BCUT2D eigenvalue weighted by Gasteiger charge is -2.14. The molecule has 0 aliphatic carbocycles. The minimum Gasteiger partial charge on any atom is -0.338 e. The fourth-order valence-corrected chi connectivity index (χ4v) is 1.62. The molecule has 110 valence electrons. The minimum absolute atomic E-state index is 0.0562. The Kier molecular flexibility index (Phi) is 6.73. The predicted octanol–water partition coefficient (Wildman–Crippen LogP) is 1.82. The summed E-state index contributed by atoms with van der Waals surface area (Å²) in [6.45, 7) is 6.61. The Bertz CT molecular complexity index is 432. The van der Waals surface area contributed by atoms with Crippen molar-refractivity contribution in [2.24, 2.45) is 5.92 Å². The molecule has 1 rings (SSSR count). The standard InChI is InChI=1S/C15H23N3O2/c1-11(2)9-17-15(20)18-14(19)10-16-12(3)13-7-5-4-6-8-13/h4-8,11-12,16H,9-10H2,1-3H3,(H2,17,18,19,20)/t12-/m1/s1. The Balaban J connectivity index is 2.28. The smallest absolute Gasteiger partial charge is 0.321 e. The van der Waals surface area contributed by atoms with Gasteiger partial charge in [-0.25, -0.2) is 4.79 Å². The molecular weight excluding hydrogens is 254 g/mol. The summed E-state index contributed by atoms with van der Waals surface area (Å²) in [6, 6.07) is 9.44. The molecule has 20 heavy (non-hydrogen) atoms. The van der Waals surface area contributed by atoms with E-state index in [1.165, 1.54) is 0 Å². The van der Waals surface area contributed by atoms with E-state index >= 15 is 0 Å². The molecular formula is C15H23N3O2. The molecule has 0 saturated heterocycles. The summed E-state index contributed by atoms with van der Waals surface area (Å²) in [7, 11) is 0. The summed E-state index contributed by atoms with van der Waals surface area (Å²) in [4.78, 5) is 23.0. The maximum absolute atomic E-state index is 11.6. The van der Waals surface area contributed by atoms with Gasteiger partial charge in [-0.15, -0.1) is 0 Å². The van der Waals surface area contributed by atoms with Gasteiger partial charge in [0.15, 0.2) is 0 Å². The number of amides is 3. The molecule has 3 N–H and O–H groups in total. The quantitative estimate of drug-likeness (QED) is 0.743. The molecule has 1 aromatic carbocycles. The van der Waals surface area contributed by atoms with E-state index in [-0.39, 0.29) is 18.5 Å². The Morgan fingerprint density at radius 3 is 2.35 bits per heavy atom. The van der Waals surface area contributed by atoms with E-state index in [0.29, 0.717) is 12.5 Å². The van der Waals surface area contributed by atoms with Gasteiger partial charge in [-0.2, -0.15) is 0 Å². The van der Waals surface area contributed by atoms with Crippen LogP contribution in [0.5, 0.6) is 0 Å². The third kappa shape index (κ3) is 6.33. The molecule has 0 spiro atoms.